The number of rotatable bonds is 4. The molecule has 1 aromatic rings. The summed E-state index contributed by atoms with van der Waals surface area (Å²) in [5, 5.41) is 5.51. The van der Waals surface area contributed by atoms with E-state index < -0.39 is 17.8 Å². The molecule has 20 heavy (non-hydrogen) atoms. The van der Waals surface area contributed by atoms with Gasteiger partial charge in [0.2, 0.25) is 0 Å². The zero-order valence-electron chi connectivity index (χ0n) is 10.8. The third-order valence-electron chi connectivity index (χ3n) is 2.38. The third kappa shape index (κ3) is 6.40. The Hall–Kier alpha value is -1.05. The smallest absolute Gasteiger partial charge is 0.350 e. The van der Waals surface area contributed by atoms with Gasteiger partial charge in [-0.15, -0.1) is 24.8 Å². The summed E-state index contributed by atoms with van der Waals surface area (Å²) >= 11 is 0. The highest BCUT2D eigenvalue weighted by Gasteiger charge is 2.32. The van der Waals surface area contributed by atoms with Crippen LogP contribution in [-0.4, -0.2) is 30.5 Å². The lowest BCUT2D eigenvalue weighted by atomic mass is 10.2. The molecular formula is C11H16Cl2F3N3O. The molecule has 2 N–H and O–H groups in total. The number of carbonyl (C=O) groups excluding carboxylic acids is 1. The van der Waals surface area contributed by atoms with Gasteiger partial charge in [0, 0.05) is 18.8 Å². The van der Waals surface area contributed by atoms with Gasteiger partial charge < -0.3 is 10.6 Å². The summed E-state index contributed by atoms with van der Waals surface area (Å²) in [7, 11) is 1.75. The zero-order valence-corrected chi connectivity index (χ0v) is 12.5. The van der Waals surface area contributed by atoms with Gasteiger partial charge in [-0.2, -0.15) is 13.2 Å². The van der Waals surface area contributed by atoms with Gasteiger partial charge in [-0.1, -0.05) is 0 Å². The quantitative estimate of drug-likeness (QED) is 0.888. The maximum absolute atomic E-state index is 12.2. The first kappa shape index (κ1) is 21.3. The van der Waals surface area contributed by atoms with E-state index in [-0.39, 0.29) is 36.4 Å². The van der Waals surface area contributed by atoms with E-state index in [2.05, 4.69) is 15.6 Å². The molecule has 116 valence electrons. The van der Waals surface area contributed by atoms with Crippen molar-refractivity contribution < 1.29 is 18.0 Å². The fraction of sp³-hybridized carbons (Fsp3) is 0.455. The molecular weight excluding hydrogens is 318 g/mol. The lowest BCUT2D eigenvalue weighted by molar-refractivity contribution is -0.141. The van der Waals surface area contributed by atoms with Crippen LogP contribution >= 0.6 is 24.8 Å². The lowest BCUT2D eigenvalue weighted by Crippen LogP contribution is -2.37. The molecule has 0 aliphatic rings. The molecule has 1 heterocycles. The van der Waals surface area contributed by atoms with Crippen LogP contribution in [0.3, 0.4) is 0 Å². The highest BCUT2D eigenvalue weighted by Crippen LogP contribution is 2.27. The average molecular weight is 334 g/mol. The highest BCUT2D eigenvalue weighted by molar-refractivity contribution is 5.93. The molecule has 0 radical (unpaired) electrons. The number of nitrogens with one attached hydrogen (secondary N) is 2. The molecule has 0 saturated carbocycles. The van der Waals surface area contributed by atoms with Crippen molar-refractivity contribution >= 4 is 30.7 Å². The van der Waals surface area contributed by atoms with Crippen molar-refractivity contribution in [2.45, 2.75) is 19.1 Å². The van der Waals surface area contributed by atoms with Gasteiger partial charge in [0.05, 0.1) is 5.56 Å². The average Bonchev–Trinajstić information content (AvgIpc) is 2.34. The Bertz CT molecular complexity index is 412. The van der Waals surface area contributed by atoms with E-state index in [0.717, 1.165) is 18.3 Å². The van der Waals surface area contributed by atoms with E-state index in [0.29, 0.717) is 6.54 Å². The molecule has 0 aliphatic heterocycles. The summed E-state index contributed by atoms with van der Waals surface area (Å²) in [5.41, 5.74) is -0.908. The van der Waals surface area contributed by atoms with Gasteiger partial charge in [-0.05, 0) is 26.1 Å². The van der Waals surface area contributed by atoms with E-state index in [1.807, 2.05) is 6.92 Å². The van der Waals surface area contributed by atoms with Crippen molar-refractivity contribution in [1.82, 2.24) is 15.6 Å². The van der Waals surface area contributed by atoms with Crippen LogP contribution in [0.15, 0.2) is 18.3 Å². The molecule has 0 aromatic carbocycles. The van der Waals surface area contributed by atoms with E-state index >= 15 is 0 Å². The number of nitrogens with zero attached hydrogens (tertiary/aromatic N) is 1. The highest BCUT2D eigenvalue weighted by atomic mass is 35.5. The number of aromatic nitrogens is 1. The molecule has 1 rings (SSSR count). The van der Waals surface area contributed by atoms with Gasteiger partial charge >= 0.3 is 6.18 Å². The van der Waals surface area contributed by atoms with Crippen LogP contribution in [0.1, 0.15) is 23.0 Å². The Labute approximate surface area is 127 Å². The van der Waals surface area contributed by atoms with E-state index in [9.17, 15) is 18.0 Å². The van der Waals surface area contributed by atoms with Crippen LogP contribution < -0.4 is 10.6 Å². The fourth-order valence-corrected chi connectivity index (χ4v) is 1.15. The molecule has 1 unspecified atom stereocenters. The van der Waals surface area contributed by atoms with Crippen LogP contribution in [0.5, 0.6) is 0 Å². The van der Waals surface area contributed by atoms with Gasteiger partial charge in [0.1, 0.15) is 5.69 Å². The van der Waals surface area contributed by atoms with Gasteiger partial charge in [-0.25, -0.2) is 0 Å². The lowest BCUT2D eigenvalue weighted by Gasteiger charge is -2.11. The van der Waals surface area contributed by atoms with Crippen LogP contribution in [0.25, 0.3) is 0 Å². The Morgan fingerprint density at radius 2 is 1.95 bits per heavy atom. The third-order valence-corrected chi connectivity index (χ3v) is 2.38. The van der Waals surface area contributed by atoms with Crippen molar-refractivity contribution in [3.05, 3.63) is 29.6 Å². The Kier molecular flexibility index (Phi) is 9.55. The molecule has 0 saturated heterocycles. The Balaban J connectivity index is 0. The summed E-state index contributed by atoms with van der Waals surface area (Å²) in [4.78, 5) is 14.8. The number of hydrogen-bond donors (Lipinski definition) is 2. The van der Waals surface area contributed by atoms with Crippen molar-refractivity contribution in [2.24, 2.45) is 0 Å². The number of pyridine rings is 1. The number of alkyl halides is 3. The van der Waals surface area contributed by atoms with Crippen molar-refractivity contribution in [3.63, 3.8) is 0 Å². The summed E-state index contributed by atoms with van der Waals surface area (Å²) in [6, 6.07) is 1.97. The normalized spacial score (nSPS) is 11.8. The first-order chi connectivity index (χ1) is 8.34. The molecule has 1 amide bonds. The predicted molar refractivity (Wildman–Crippen MR) is 74.6 cm³/mol. The van der Waals surface area contributed by atoms with E-state index in [4.69, 9.17) is 0 Å². The maximum atomic E-state index is 12.2. The monoisotopic (exact) mass is 333 g/mol. The fourth-order valence-electron chi connectivity index (χ4n) is 1.15. The Morgan fingerprint density at radius 1 is 1.35 bits per heavy atom. The van der Waals surface area contributed by atoms with E-state index in [1.165, 1.54) is 0 Å². The summed E-state index contributed by atoms with van der Waals surface area (Å²) < 4.78 is 36.7. The second-order valence-corrected chi connectivity index (χ2v) is 3.83. The first-order valence-corrected chi connectivity index (χ1v) is 5.33. The second-order valence-electron chi connectivity index (χ2n) is 3.83. The SMILES string of the molecule is CNC(C)CNC(=O)c1ccc(C(F)(F)F)nc1.Cl.Cl. The summed E-state index contributed by atoms with van der Waals surface area (Å²) in [6.07, 6.45) is -3.57. The predicted octanol–water partition coefficient (Wildman–Crippen LogP) is 2.28. The van der Waals surface area contributed by atoms with Gasteiger partial charge in [0.15, 0.2) is 0 Å². The largest absolute Gasteiger partial charge is 0.433 e. The summed E-state index contributed by atoms with van der Waals surface area (Å²) in [5.74, 6) is -0.446. The molecule has 0 aliphatic carbocycles. The van der Waals surface area contributed by atoms with Crippen LogP contribution in [0.2, 0.25) is 0 Å². The van der Waals surface area contributed by atoms with Crippen LogP contribution in [0, 0.1) is 0 Å². The minimum Gasteiger partial charge on any atom is -0.350 e. The second kappa shape index (κ2) is 8.99. The standard InChI is InChI=1S/C11H14F3N3O.2ClH/c1-7(15-2)5-17-10(18)8-3-4-9(16-6-8)11(12,13)14;;/h3-4,6-7,15H,5H2,1-2H3,(H,17,18);2*1H. The van der Waals surface area contributed by atoms with Crippen LogP contribution in [-0.2, 0) is 6.18 Å². The van der Waals surface area contributed by atoms with Gasteiger partial charge in [0.25, 0.3) is 5.91 Å². The maximum Gasteiger partial charge on any atom is 0.433 e. The van der Waals surface area contributed by atoms with Crippen LogP contribution in [0.4, 0.5) is 13.2 Å². The zero-order chi connectivity index (χ0) is 13.8. The first-order valence-electron chi connectivity index (χ1n) is 5.33. The minimum absolute atomic E-state index is 0. The summed E-state index contributed by atoms with van der Waals surface area (Å²) in [6.45, 7) is 2.25. The molecule has 0 spiro atoms. The number of hydrogen-bond acceptors (Lipinski definition) is 3. The number of amides is 1. The molecule has 4 nitrogen and oxygen atoms in total. The molecule has 9 heteroatoms. The molecule has 1 aromatic heterocycles. The van der Waals surface area contributed by atoms with Crippen molar-refractivity contribution in [3.8, 4) is 0 Å². The van der Waals surface area contributed by atoms with Crippen molar-refractivity contribution in [1.29, 1.82) is 0 Å². The number of likely N-dealkylation sites (N-methyl/N-ethyl adjacent to an activating group) is 1. The molecule has 0 bridgehead atoms. The number of halogens is 5. The number of carbonyl (C=O) groups is 1. The Morgan fingerprint density at radius 3 is 2.35 bits per heavy atom. The van der Waals surface area contributed by atoms with Gasteiger partial charge in [-0.3, -0.25) is 9.78 Å². The molecule has 0 fully saturated rings. The topological polar surface area (TPSA) is 54.0 Å². The molecule has 1 atom stereocenters. The minimum atomic E-state index is -4.49. The van der Waals surface area contributed by atoms with Crippen molar-refractivity contribution in [2.75, 3.05) is 13.6 Å². The van der Waals surface area contributed by atoms with E-state index in [1.54, 1.807) is 7.05 Å².